The van der Waals surface area contributed by atoms with Gasteiger partial charge in [-0.1, -0.05) is 30.3 Å². The molecule has 0 saturated heterocycles. The van der Waals surface area contributed by atoms with Crippen molar-refractivity contribution in [2.45, 2.75) is 19.1 Å². The van der Waals surface area contributed by atoms with Gasteiger partial charge in [-0.25, -0.2) is 9.59 Å². The lowest BCUT2D eigenvalue weighted by Gasteiger charge is -2.14. The first kappa shape index (κ1) is 14.9. The quantitative estimate of drug-likeness (QED) is 0.630. The smallest absolute Gasteiger partial charge is 0.408 e. The minimum Gasteiger partial charge on any atom is -0.445 e. The Morgan fingerprint density at radius 3 is 2.58 bits per heavy atom. The summed E-state index contributed by atoms with van der Waals surface area (Å²) < 4.78 is 4.92. The Kier molecular flexibility index (Phi) is 6.34. The van der Waals surface area contributed by atoms with Gasteiger partial charge in [-0.05, 0) is 5.56 Å². The zero-order chi connectivity index (χ0) is 14.1. The van der Waals surface area contributed by atoms with E-state index in [9.17, 15) is 9.59 Å². The van der Waals surface area contributed by atoms with Crippen LogP contribution in [0.4, 0.5) is 4.79 Å². The number of aliphatic hydroxyl groups is 1. The van der Waals surface area contributed by atoms with Gasteiger partial charge in [0.25, 0.3) is 0 Å². The molecule has 0 aliphatic heterocycles. The lowest BCUT2D eigenvalue weighted by molar-refractivity contribution is -0.147. The van der Waals surface area contributed by atoms with Crippen LogP contribution in [0.25, 0.3) is 0 Å². The van der Waals surface area contributed by atoms with Crippen molar-refractivity contribution >= 4 is 12.1 Å². The van der Waals surface area contributed by atoms with Gasteiger partial charge in [-0.2, -0.15) is 5.90 Å². The molecule has 104 valence electrons. The Hall–Kier alpha value is -2.12. The largest absolute Gasteiger partial charge is 0.445 e. The first-order valence-corrected chi connectivity index (χ1v) is 5.66. The van der Waals surface area contributed by atoms with Gasteiger partial charge in [0.2, 0.25) is 0 Å². The summed E-state index contributed by atoms with van der Waals surface area (Å²) in [7, 11) is 0. The summed E-state index contributed by atoms with van der Waals surface area (Å²) >= 11 is 0. The topological polar surface area (TPSA) is 111 Å². The number of nitrogens with two attached hydrogens (primary N) is 1. The molecule has 1 rings (SSSR count). The lowest BCUT2D eigenvalue weighted by atomic mass is 10.2. The maximum Gasteiger partial charge on any atom is 0.408 e. The van der Waals surface area contributed by atoms with E-state index in [0.29, 0.717) is 0 Å². The highest BCUT2D eigenvalue weighted by Crippen LogP contribution is 2.01. The van der Waals surface area contributed by atoms with Gasteiger partial charge in [0.05, 0.1) is 0 Å². The minimum atomic E-state index is -1.03. The molecule has 1 atom stereocenters. The molecule has 0 spiro atoms. The summed E-state index contributed by atoms with van der Waals surface area (Å²) in [5, 5.41) is 11.0. The van der Waals surface area contributed by atoms with Gasteiger partial charge in [0.15, 0.2) is 0 Å². The van der Waals surface area contributed by atoms with Gasteiger partial charge in [0.1, 0.15) is 12.6 Å². The number of ether oxygens (including phenoxy) is 1. The minimum absolute atomic E-state index is 0.00350. The number of hydrogen-bond acceptors (Lipinski definition) is 6. The third kappa shape index (κ3) is 5.36. The molecule has 7 nitrogen and oxygen atoms in total. The molecule has 0 radical (unpaired) electrons. The molecule has 0 aliphatic carbocycles. The molecule has 0 bridgehead atoms. The highest BCUT2D eigenvalue weighted by atomic mass is 16.7. The summed E-state index contributed by atoms with van der Waals surface area (Å²) in [6, 6.07) is 8.05. The normalized spacial score (nSPS) is 11.5. The van der Waals surface area contributed by atoms with E-state index in [1.54, 1.807) is 12.1 Å². The second-order valence-electron chi connectivity index (χ2n) is 3.71. The molecule has 0 fully saturated rings. The molecule has 1 aromatic rings. The number of alkyl carbamates (subject to hydrolysis) is 1. The van der Waals surface area contributed by atoms with Crippen molar-refractivity contribution in [3.05, 3.63) is 35.9 Å². The monoisotopic (exact) mass is 268 g/mol. The van der Waals surface area contributed by atoms with E-state index in [1.807, 2.05) is 18.2 Å². The number of rotatable bonds is 6. The van der Waals surface area contributed by atoms with Crippen molar-refractivity contribution in [3.8, 4) is 0 Å². The average molecular weight is 268 g/mol. The third-order valence-corrected chi connectivity index (χ3v) is 2.32. The van der Waals surface area contributed by atoms with Gasteiger partial charge in [-0.15, -0.1) is 0 Å². The second kappa shape index (κ2) is 8.06. The Bertz CT molecular complexity index is 410. The van der Waals surface area contributed by atoms with Crippen LogP contribution in [0.3, 0.4) is 0 Å². The maximum atomic E-state index is 11.5. The van der Waals surface area contributed by atoms with Crippen LogP contribution in [-0.4, -0.2) is 29.8 Å². The second-order valence-corrected chi connectivity index (χ2v) is 3.71. The molecule has 0 unspecified atom stereocenters. The summed E-state index contributed by atoms with van der Waals surface area (Å²) in [5.74, 6) is 3.88. The fourth-order valence-electron chi connectivity index (χ4n) is 1.37. The van der Waals surface area contributed by atoms with E-state index in [0.717, 1.165) is 5.56 Å². The van der Waals surface area contributed by atoms with Gasteiger partial charge < -0.3 is 20.0 Å². The molecule has 1 aromatic carbocycles. The summed E-state index contributed by atoms with van der Waals surface area (Å²) in [4.78, 5) is 26.6. The number of nitrogens with one attached hydrogen (secondary N) is 1. The fraction of sp³-hybridized carbons (Fsp3) is 0.333. The number of aliphatic hydroxyl groups excluding tert-OH is 1. The predicted octanol–water partition coefficient (Wildman–Crippen LogP) is 0.0807. The van der Waals surface area contributed by atoms with Crippen molar-refractivity contribution in [1.82, 2.24) is 5.32 Å². The number of carbonyl (C=O) groups is 2. The van der Waals surface area contributed by atoms with Crippen LogP contribution in [0.5, 0.6) is 0 Å². The van der Waals surface area contributed by atoms with Crippen LogP contribution < -0.4 is 11.2 Å². The molecule has 0 heterocycles. The molecule has 19 heavy (non-hydrogen) atoms. The van der Waals surface area contributed by atoms with Crippen LogP contribution in [0.1, 0.15) is 12.0 Å². The van der Waals surface area contributed by atoms with Gasteiger partial charge in [0, 0.05) is 13.0 Å². The highest BCUT2D eigenvalue weighted by Gasteiger charge is 2.22. The molecule has 0 saturated carbocycles. The van der Waals surface area contributed by atoms with Gasteiger partial charge in [-0.3, -0.25) is 0 Å². The number of benzene rings is 1. The SMILES string of the molecule is NOC(=O)[C@@H](CCO)NC(=O)OCc1ccccc1. The average Bonchev–Trinajstić information content (AvgIpc) is 2.45. The molecule has 0 aliphatic rings. The molecule has 4 N–H and O–H groups in total. The van der Waals surface area contributed by atoms with Gasteiger partial charge >= 0.3 is 12.1 Å². The Morgan fingerprint density at radius 2 is 2.00 bits per heavy atom. The zero-order valence-electron chi connectivity index (χ0n) is 10.2. The van der Waals surface area contributed by atoms with Crippen LogP contribution in [-0.2, 0) is 21.0 Å². The van der Waals surface area contributed by atoms with Crippen molar-refractivity contribution in [2.75, 3.05) is 6.61 Å². The molecular formula is C12H16N2O5. The Morgan fingerprint density at radius 1 is 1.32 bits per heavy atom. The highest BCUT2D eigenvalue weighted by molar-refractivity contribution is 5.81. The van der Waals surface area contributed by atoms with E-state index in [-0.39, 0.29) is 19.6 Å². The number of amides is 1. The zero-order valence-corrected chi connectivity index (χ0v) is 10.2. The maximum absolute atomic E-state index is 11.5. The van der Waals surface area contributed by atoms with Crippen molar-refractivity contribution in [3.63, 3.8) is 0 Å². The van der Waals surface area contributed by atoms with Crippen LogP contribution in [0.2, 0.25) is 0 Å². The first-order chi connectivity index (χ1) is 9.17. The lowest BCUT2D eigenvalue weighted by Crippen LogP contribution is -2.43. The van der Waals surface area contributed by atoms with Crippen LogP contribution in [0, 0.1) is 0 Å². The fourth-order valence-corrected chi connectivity index (χ4v) is 1.37. The Balaban J connectivity index is 2.42. The van der Waals surface area contributed by atoms with Crippen LogP contribution in [0.15, 0.2) is 30.3 Å². The standard InChI is InChI=1S/C12H16N2O5/c13-19-11(16)10(6-7-15)14-12(17)18-8-9-4-2-1-3-5-9/h1-5,10,15H,6-8,13H2,(H,14,17)/t10-/m1/s1. The molecule has 1 amide bonds. The number of carbonyl (C=O) groups excluding carboxylic acids is 2. The molecule has 0 aromatic heterocycles. The van der Waals surface area contributed by atoms with Crippen LogP contribution >= 0.6 is 0 Å². The van der Waals surface area contributed by atoms with E-state index in [4.69, 9.17) is 15.7 Å². The summed E-state index contributed by atoms with van der Waals surface area (Å²) in [5.41, 5.74) is 0.817. The van der Waals surface area contributed by atoms with Crippen molar-refractivity contribution in [1.29, 1.82) is 0 Å². The van der Waals surface area contributed by atoms with Crippen molar-refractivity contribution < 1.29 is 24.3 Å². The molecular weight excluding hydrogens is 252 g/mol. The van der Waals surface area contributed by atoms with E-state index in [2.05, 4.69) is 10.2 Å². The van der Waals surface area contributed by atoms with E-state index >= 15 is 0 Å². The molecule has 7 heteroatoms. The summed E-state index contributed by atoms with van der Waals surface area (Å²) in [6.45, 7) is -0.213. The third-order valence-electron chi connectivity index (χ3n) is 2.32. The Labute approximate surface area is 110 Å². The predicted molar refractivity (Wildman–Crippen MR) is 65.5 cm³/mol. The van der Waals surface area contributed by atoms with E-state index in [1.165, 1.54) is 0 Å². The number of hydrogen-bond donors (Lipinski definition) is 3. The first-order valence-electron chi connectivity index (χ1n) is 5.66. The van der Waals surface area contributed by atoms with Crippen molar-refractivity contribution in [2.24, 2.45) is 5.90 Å². The summed E-state index contributed by atoms with van der Waals surface area (Å²) in [6.07, 6.45) is -0.788. The van der Waals surface area contributed by atoms with E-state index < -0.39 is 18.1 Å².